The molecule has 0 spiro atoms. The van der Waals surface area contributed by atoms with Crippen LogP contribution in [0.15, 0.2) is 5.16 Å². The van der Waals surface area contributed by atoms with E-state index in [0.717, 1.165) is 0 Å². The van der Waals surface area contributed by atoms with Gasteiger partial charge in [-0.15, -0.1) is 0 Å². The molecule has 8 nitrogen and oxygen atoms in total. The van der Waals surface area contributed by atoms with Crippen molar-refractivity contribution in [2.24, 2.45) is 0 Å². The summed E-state index contributed by atoms with van der Waals surface area (Å²) in [6.07, 6.45) is 1.81. The highest BCUT2D eigenvalue weighted by Gasteiger charge is 2.23. The van der Waals surface area contributed by atoms with E-state index in [0.29, 0.717) is 17.1 Å². The van der Waals surface area contributed by atoms with Gasteiger partial charge in [-0.2, -0.15) is 4.98 Å². The number of carbonyl (C=O) groups excluding carboxylic acids is 1. The van der Waals surface area contributed by atoms with Gasteiger partial charge in [0.1, 0.15) is 28.1 Å². The summed E-state index contributed by atoms with van der Waals surface area (Å²) < 4.78 is 10.5. The number of nitrogens with two attached hydrogens (primary N) is 2. The second kappa shape index (κ2) is 6.65. The molecular formula is C13H17N5O3S. The Balaban J connectivity index is 2.84. The number of esters is 1. The Kier molecular flexibility index (Phi) is 4.86. The number of thioether (sulfide) groups is 1. The molecule has 0 saturated heterocycles. The highest BCUT2D eigenvalue weighted by molar-refractivity contribution is 7.98. The number of anilines is 2. The maximum atomic E-state index is 12.2. The zero-order valence-electron chi connectivity index (χ0n) is 12.5. The van der Waals surface area contributed by atoms with Gasteiger partial charge in [-0.05, 0) is 20.1 Å². The first kappa shape index (κ1) is 16.1. The molecule has 0 unspecified atom stereocenters. The molecule has 0 amide bonds. The number of rotatable bonds is 5. The highest BCUT2D eigenvalue weighted by Crippen LogP contribution is 2.33. The number of hydrogen-bond donors (Lipinski definition) is 2. The number of nitrogens with zero attached hydrogens (tertiary/aromatic N) is 3. The fourth-order valence-corrected chi connectivity index (χ4v) is 2.29. The summed E-state index contributed by atoms with van der Waals surface area (Å²) in [5.41, 5.74) is 12.1. The van der Waals surface area contributed by atoms with Crippen LogP contribution in [-0.2, 0) is 4.74 Å². The van der Waals surface area contributed by atoms with Crippen molar-refractivity contribution in [2.45, 2.75) is 19.0 Å². The Hall–Kier alpha value is -2.29. The molecule has 9 heteroatoms. The van der Waals surface area contributed by atoms with Gasteiger partial charge in [0.2, 0.25) is 5.88 Å². The molecule has 0 aliphatic rings. The molecule has 0 aliphatic carbocycles. The Bertz CT molecular complexity index is 723. The van der Waals surface area contributed by atoms with E-state index in [2.05, 4.69) is 15.0 Å². The number of nitrogen functional groups attached to an aromatic ring is 2. The first-order chi connectivity index (χ1) is 10.5. The average molecular weight is 323 g/mol. The summed E-state index contributed by atoms with van der Waals surface area (Å²) in [5, 5.41) is 0.795. The summed E-state index contributed by atoms with van der Waals surface area (Å²) >= 11 is 1.31. The Labute approximate surface area is 131 Å². The van der Waals surface area contributed by atoms with Crippen molar-refractivity contribution in [3.05, 3.63) is 5.56 Å². The molecule has 0 bridgehead atoms. The zero-order valence-corrected chi connectivity index (χ0v) is 13.4. The molecule has 4 N–H and O–H groups in total. The maximum absolute atomic E-state index is 12.2. The minimum atomic E-state index is -0.606. The molecule has 118 valence electrons. The second-order valence-corrected chi connectivity index (χ2v) is 4.92. The predicted molar refractivity (Wildman–Crippen MR) is 85.1 cm³/mol. The molecule has 2 heterocycles. The largest absolute Gasteiger partial charge is 0.477 e. The molecule has 0 aliphatic heterocycles. The summed E-state index contributed by atoms with van der Waals surface area (Å²) in [7, 11) is 0. The molecule has 2 rings (SSSR count). The van der Waals surface area contributed by atoms with Crippen LogP contribution >= 0.6 is 11.8 Å². The number of carbonyl (C=O) groups is 1. The van der Waals surface area contributed by atoms with E-state index in [1.54, 1.807) is 6.92 Å². The topological polar surface area (TPSA) is 126 Å². The van der Waals surface area contributed by atoms with Crippen LogP contribution in [0.1, 0.15) is 24.2 Å². The molecule has 22 heavy (non-hydrogen) atoms. The van der Waals surface area contributed by atoms with E-state index in [9.17, 15) is 4.79 Å². The number of aromatic nitrogens is 3. The van der Waals surface area contributed by atoms with E-state index in [-0.39, 0.29) is 35.2 Å². The minimum absolute atomic E-state index is 0.0309. The quantitative estimate of drug-likeness (QED) is 0.478. The molecule has 0 aromatic carbocycles. The van der Waals surface area contributed by atoms with Crippen LogP contribution in [0.4, 0.5) is 11.6 Å². The fourth-order valence-electron chi connectivity index (χ4n) is 1.93. The number of ether oxygens (including phenoxy) is 2. The van der Waals surface area contributed by atoms with Crippen LogP contribution in [0.2, 0.25) is 0 Å². The van der Waals surface area contributed by atoms with Crippen LogP contribution in [-0.4, -0.2) is 40.4 Å². The maximum Gasteiger partial charge on any atom is 0.344 e. The molecule has 0 atom stereocenters. The lowest BCUT2D eigenvalue weighted by molar-refractivity contribution is 0.0529. The summed E-state index contributed by atoms with van der Waals surface area (Å²) in [5.74, 6) is -0.258. The average Bonchev–Trinajstić information content (AvgIpc) is 2.46. The Morgan fingerprint density at radius 2 is 1.86 bits per heavy atom. The molecule has 0 saturated carbocycles. The predicted octanol–water partition coefficient (Wildman–Crippen LogP) is 1.49. The van der Waals surface area contributed by atoms with Crippen molar-refractivity contribution >= 4 is 40.3 Å². The lowest BCUT2D eigenvalue weighted by Crippen LogP contribution is -2.13. The van der Waals surface area contributed by atoms with Crippen molar-refractivity contribution in [2.75, 3.05) is 30.9 Å². The van der Waals surface area contributed by atoms with Gasteiger partial charge in [0.25, 0.3) is 0 Å². The molecule has 0 fully saturated rings. The van der Waals surface area contributed by atoms with Crippen LogP contribution in [0.3, 0.4) is 0 Å². The second-order valence-electron chi connectivity index (χ2n) is 4.15. The molecular weight excluding hydrogens is 306 g/mol. The number of pyridine rings is 1. The van der Waals surface area contributed by atoms with E-state index < -0.39 is 5.97 Å². The van der Waals surface area contributed by atoms with Gasteiger partial charge in [0.05, 0.1) is 13.2 Å². The molecule has 2 aromatic heterocycles. The molecule has 0 radical (unpaired) electrons. The van der Waals surface area contributed by atoms with Gasteiger partial charge < -0.3 is 20.9 Å². The zero-order chi connectivity index (χ0) is 16.3. The third kappa shape index (κ3) is 2.84. The van der Waals surface area contributed by atoms with E-state index >= 15 is 0 Å². The summed E-state index contributed by atoms with van der Waals surface area (Å²) in [6, 6.07) is 0. The lowest BCUT2D eigenvalue weighted by atomic mass is 10.1. The number of hydrogen-bond acceptors (Lipinski definition) is 9. The van der Waals surface area contributed by atoms with Crippen molar-refractivity contribution in [1.82, 2.24) is 15.0 Å². The van der Waals surface area contributed by atoms with Gasteiger partial charge in [-0.1, -0.05) is 11.8 Å². The van der Waals surface area contributed by atoms with Crippen LogP contribution in [0.5, 0.6) is 5.88 Å². The van der Waals surface area contributed by atoms with E-state index in [1.165, 1.54) is 11.8 Å². The smallest absolute Gasteiger partial charge is 0.344 e. The van der Waals surface area contributed by atoms with Gasteiger partial charge in [-0.25, -0.2) is 14.8 Å². The van der Waals surface area contributed by atoms with Crippen molar-refractivity contribution in [3.63, 3.8) is 0 Å². The molecule has 2 aromatic rings. The van der Waals surface area contributed by atoms with Gasteiger partial charge in [0.15, 0.2) is 5.16 Å². The van der Waals surface area contributed by atoms with Crippen molar-refractivity contribution < 1.29 is 14.3 Å². The lowest BCUT2D eigenvalue weighted by Gasteiger charge is -2.13. The summed E-state index contributed by atoms with van der Waals surface area (Å²) in [6.45, 7) is 4.12. The first-order valence-corrected chi connectivity index (χ1v) is 7.86. The Morgan fingerprint density at radius 1 is 1.14 bits per heavy atom. The number of fused-ring (bicyclic) bond motifs is 1. The van der Waals surface area contributed by atoms with Crippen LogP contribution < -0.4 is 16.2 Å². The Morgan fingerprint density at radius 3 is 2.45 bits per heavy atom. The van der Waals surface area contributed by atoms with E-state index in [1.807, 2.05) is 13.2 Å². The van der Waals surface area contributed by atoms with Crippen LogP contribution in [0, 0.1) is 0 Å². The van der Waals surface area contributed by atoms with Crippen molar-refractivity contribution in [3.8, 4) is 5.88 Å². The summed E-state index contributed by atoms with van der Waals surface area (Å²) in [4.78, 5) is 24.8. The first-order valence-electron chi connectivity index (χ1n) is 6.64. The van der Waals surface area contributed by atoms with E-state index in [4.69, 9.17) is 20.9 Å². The van der Waals surface area contributed by atoms with Gasteiger partial charge in [-0.3, -0.25) is 0 Å². The standard InChI is InChI=1S/C13H17N5O3S/c1-4-20-11-6-8(16-13(18-11)22-3)7(12(19)21-5-2)10(15)17-9(6)14/h4-5H2,1-3H3,(H4,14,15,17). The third-order valence-corrected chi connectivity index (χ3v) is 3.34. The fraction of sp³-hybridized carbons (Fsp3) is 0.385. The van der Waals surface area contributed by atoms with Crippen LogP contribution in [0.25, 0.3) is 10.9 Å². The van der Waals surface area contributed by atoms with Gasteiger partial charge >= 0.3 is 5.97 Å². The normalized spacial score (nSPS) is 10.7. The minimum Gasteiger partial charge on any atom is -0.477 e. The van der Waals surface area contributed by atoms with Crippen molar-refractivity contribution in [1.29, 1.82) is 0 Å². The highest BCUT2D eigenvalue weighted by atomic mass is 32.2. The van der Waals surface area contributed by atoms with Gasteiger partial charge in [0, 0.05) is 0 Å². The third-order valence-electron chi connectivity index (χ3n) is 2.79. The monoisotopic (exact) mass is 323 g/mol. The SMILES string of the molecule is CCOC(=O)c1c(N)nc(N)c2c(OCC)nc(SC)nc12.